The Balaban J connectivity index is 2.19. The molecular formula is C16H23N3O3S. The highest BCUT2D eigenvalue weighted by Crippen LogP contribution is 2.28. The van der Waals surface area contributed by atoms with Crippen molar-refractivity contribution in [1.82, 2.24) is 5.32 Å². The number of nitrogens with two attached hydrogens (primary N) is 1. The van der Waals surface area contributed by atoms with Gasteiger partial charge in [-0.05, 0) is 37.1 Å². The van der Waals surface area contributed by atoms with Gasteiger partial charge in [-0.1, -0.05) is 19.3 Å². The van der Waals surface area contributed by atoms with Gasteiger partial charge in [-0.15, -0.1) is 11.8 Å². The lowest BCUT2D eigenvalue weighted by atomic mass is 9.84. The number of nitrogens with one attached hydrogen (secondary N) is 1. The number of nitrogens with zero attached hydrogens (tertiary/aromatic N) is 1. The van der Waals surface area contributed by atoms with Gasteiger partial charge >= 0.3 is 0 Å². The van der Waals surface area contributed by atoms with Gasteiger partial charge in [0.25, 0.3) is 11.6 Å². The largest absolute Gasteiger partial charge is 0.348 e. The molecule has 0 spiro atoms. The fraction of sp³-hybridized carbons (Fsp3) is 0.562. The topological polar surface area (TPSA) is 98.3 Å². The second-order valence-corrected chi connectivity index (χ2v) is 6.73. The molecule has 0 bridgehead atoms. The van der Waals surface area contributed by atoms with Crippen molar-refractivity contribution in [2.45, 2.75) is 43.0 Å². The monoisotopic (exact) mass is 337 g/mol. The first kappa shape index (κ1) is 17.7. The van der Waals surface area contributed by atoms with E-state index in [1.165, 1.54) is 24.2 Å². The predicted octanol–water partition coefficient (Wildman–Crippen LogP) is 2.95. The molecule has 0 aromatic heterocycles. The minimum atomic E-state index is -0.517. The molecule has 1 fully saturated rings. The van der Waals surface area contributed by atoms with Gasteiger partial charge in [0.05, 0.1) is 4.92 Å². The molecule has 1 saturated carbocycles. The third-order valence-corrected chi connectivity index (χ3v) is 5.16. The number of carbonyl (C=O) groups is 1. The van der Waals surface area contributed by atoms with Crippen molar-refractivity contribution < 1.29 is 9.72 Å². The van der Waals surface area contributed by atoms with Crippen molar-refractivity contribution in [3.05, 3.63) is 33.9 Å². The first-order valence-corrected chi connectivity index (χ1v) is 9.12. The van der Waals surface area contributed by atoms with Crippen LogP contribution < -0.4 is 11.1 Å². The molecule has 1 aliphatic rings. The van der Waals surface area contributed by atoms with Gasteiger partial charge in [0.15, 0.2) is 0 Å². The van der Waals surface area contributed by atoms with Crippen LogP contribution in [-0.4, -0.2) is 29.7 Å². The summed E-state index contributed by atoms with van der Waals surface area (Å²) in [6, 6.07) is 4.49. The third-order valence-electron chi connectivity index (χ3n) is 4.43. The Kier molecular flexibility index (Phi) is 6.41. The maximum atomic E-state index is 12.6. The van der Waals surface area contributed by atoms with Gasteiger partial charge in [0.2, 0.25) is 0 Å². The number of rotatable bonds is 6. The average Bonchev–Trinajstić information content (AvgIpc) is 2.59. The van der Waals surface area contributed by atoms with Gasteiger partial charge in [0.1, 0.15) is 5.56 Å². The van der Waals surface area contributed by atoms with Crippen molar-refractivity contribution >= 4 is 23.4 Å². The van der Waals surface area contributed by atoms with E-state index in [-0.39, 0.29) is 17.3 Å². The van der Waals surface area contributed by atoms with E-state index in [1.54, 1.807) is 12.1 Å². The highest BCUT2D eigenvalue weighted by molar-refractivity contribution is 7.98. The van der Waals surface area contributed by atoms with Crippen LogP contribution in [0.15, 0.2) is 23.1 Å². The summed E-state index contributed by atoms with van der Waals surface area (Å²) in [4.78, 5) is 24.1. The van der Waals surface area contributed by atoms with Crippen LogP contribution in [0.3, 0.4) is 0 Å². The zero-order valence-corrected chi connectivity index (χ0v) is 14.1. The molecule has 6 nitrogen and oxygen atoms in total. The lowest BCUT2D eigenvalue weighted by Gasteiger charge is -2.30. The van der Waals surface area contributed by atoms with Crippen molar-refractivity contribution in [3.63, 3.8) is 0 Å². The molecule has 1 aromatic carbocycles. The van der Waals surface area contributed by atoms with Gasteiger partial charge in [0, 0.05) is 23.5 Å². The molecule has 2 rings (SSSR count). The van der Waals surface area contributed by atoms with E-state index >= 15 is 0 Å². The Morgan fingerprint density at radius 3 is 2.70 bits per heavy atom. The van der Waals surface area contributed by atoms with E-state index in [4.69, 9.17) is 5.73 Å². The molecule has 7 heteroatoms. The Morgan fingerprint density at radius 2 is 2.13 bits per heavy atom. The van der Waals surface area contributed by atoms with E-state index in [0.717, 1.165) is 30.6 Å². The van der Waals surface area contributed by atoms with Crippen LogP contribution in [0.25, 0.3) is 0 Å². The van der Waals surface area contributed by atoms with Gasteiger partial charge < -0.3 is 11.1 Å². The van der Waals surface area contributed by atoms with Crippen LogP contribution in [0.2, 0.25) is 0 Å². The van der Waals surface area contributed by atoms with Gasteiger partial charge in [-0.25, -0.2) is 0 Å². The molecule has 1 amide bonds. The lowest BCUT2D eigenvalue weighted by Crippen LogP contribution is -2.46. The third kappa shape index (κ3) is 4.45. The van der Waals surface area contributed by atoms with Crippen LogP contribution in [0.1, 0.15) is 42.5 Å². The molecule has 1 unspecified atom stereocenters. The SMILES string of the molecule is CSc1ccc([N+](=O)[O-])c(C(=O)NC(CN)C2CCCCC2)c1. The zero-order valence-electron chi connectivity index (χ0n) is 13.3. The number of carbonyl (C=O) groups excluding carboxylic acids is 1. The number of thioether (sulfide) groups is 1. The summed E-state index contributed by atoms with van der Waals surface area (Å²) in [6.07, 6.45) is 7.50. The van der Waals surface area contributed by atoms with E-state index in [2.05, 4.69) is 5.32 Å². The molecule has 0 aliphatic heterocycles. The summed E-state index contributed by atoms with van der Waals surface area (Å²) in [6.45, 7) is 0.354. The summed E-state index contributed by atoms with van der Waals surface area (Å²) in [7, 11) is 0. The fourth-order valence-electron chi connectivity index (χ4n) is 3.14. The number of hydrogen-bond donors (Lipinski definition) is 2. The van der Waals surface area contributed by atoms with Crippen LogP contribution >= 0.6 is 11.8 Å². The molecule has 1 aliphatic carbocycles. The minimum Gasteiger partial charge on any atom is -0.348 e. The van der Waals surface area contributed by atoms with Crippen molar-refractivity contribution in [2.75, 3.05) is 12.8 Å². The molecular weight excluding hydrogens is 314 g/mol. The molecule has 126 valence electrons. The number of amides is 1. The Labute approximate surface area is 140 Å². The van der Waals surface area contributed by atoms with Crippen LogP contribution in [0.4, 0.5) is 5.69 Å². The molecule has 0 radical (unpaired) electrons. The van der Waals surface area contributed by atoms with E-state index < -0.39 is 10.8 Å². The highest BCUT2D eigenvalue weighted by Gasteiger charge is 2.27. The number of nitro groups is 1. The Morgan fingerprint density at radius 1 is 1.43 bits per heavy atom. The van der Waals surface area contributed by atoms with Gasteiger partial charge in [-0.3, -0.25) is 14.9 Å². The predicted molar refractivity (Wildman–Crippen MR) is 91.8 cm³/mol. The molecule has 0 heterocycles. The maximum Gasteiger partial charge on any atom is 0.282 e. The van der Waals surface area contributed by atoms with Crippen molar-refractivity contribution in [3.8, 4) is 0 Å². The standard InChI is InChI=1S/C16H23N3O3S/c1-23-12-7-8-15(19(21)22)13(9-12)16(20)18-14(10-17)11-5-3-2-4-6-11/h7-9,11,14H,2-6,10,17H2,1H3,(H,18,20). The maximum absolute atomic E-state index is 12.6. The Bertz CT molecular complexity index is 574. The first-order chi connectivity index (χ1) is 11.1. The molecule has 1 atom stereocenters. The molecule has 3 N–H and O–H groups in total. The van der Waals surface area contributed by atoms with Crippen molar-refractivity contribution in [1.29, 1.82) is 0 Å². The second-order valence-electron chi connectivity index (χ2n) is 5.85. The quantitative estimate of drug-likeness (QED) is 0.472. The smallest absolute Gasteiger partial charge is 0.282 e. The van der Waals surface area contributed by atoms with E-state index in [1.807, 2.05) is 6.26 Å². The summed E-state index contributed by atoms with van der Waals surface area (Å²) in [5.74, 6) is -0.0471. The lowest BCUT2D eigenvalue weighted by molar-refractivity contribution is -0.385. The molecule has 1 aromatic rings. The summed E-state index contributed by atoms with van der Waals surface area (Å²) < 4.78 is 0. The van der Waals surface area contributed by atoms with E-state index in [9.17, 15) is 14.9 Å². The Hall–Kier alpha value is -1.60. The van der Waals surface area contributed by atoms with Gasteiger partial charge in [-0.2, -0.15) is 0 Å². The minimum absolute atomic E-state index is 0.108. The summed E-state index contributed by atoms with van der Waals surface area (Å²) in [5, 5.41) is 14.1. The second kappa shape index (κ2) is 8.31. The van der Waals surface area contributed by atoms with E-state index in [0.29, 0.717) is 12.5 Å². The number of hydrogen-bond acceptors (Lipinski definition) is 5. The van der Waals surface area contributed by atoms with Crippen LogP contribution in [0.5, 0.6) is 0 Å². The number of nitro benzene ring substituents is 1. The summed E-state index contributed by atoms with van der Waals surface area (Å²) in [5.41, 5.74) is 5.77. The molecule has 23 heavy (non-hydrogen) atoms. The fourth-order valence-corrected chi connectivity index (χ4v) is 3.57. The van der Waals surface area contributed by atoms with Crippen LogP contribution in [0, 0.1) is 16.0 Å². The summed E-state index contributed by atoms with van der Waals surface area (Å²) >= 11 is 1.45. The van der Waals surface area contributed by atoms with Crippen molar-refractivity contribution in [2.24, 2.45) is 11.7 Å². The number of benzene rings is 1. The average molecular weight is 337 g/mol. The van der Waals surface area contributed by atoms with Crippen LogP contribution in [-0.2, 0) is 0 Å². The molecule has 0 saturated heterocycles. The zero-order chi connectivity index (χ0) is 16.8. The first-order valence-electron chi connectivity index (χ1n) is 7.90. The highest BCUT2D eigenvalue weighted by atomic mass is 32.2. The normalized spacial score (nSPS) is 16.8.